The van der Waals surface area contributed by atoms with Crippen molar-refractivity contribution in [3.8, 4) is 5.88 Å². The summed E-state index contributed by atoms with van der Waals surface area (Å²) in [4.78, 5) is 28.8. The molecule has 1 saturated heterocycles. The average Bonchev–Trinajstić information content (AvgIpc) is 3.21. The number of carbonyl (C=O) groups is 2. The van der Waals surface area contributed by atoms with Crippen molar-refractivity contribution in [3.05, 3.63) is 40.5 Å². The number of benzene rings is 1. The highest BCUT2D eigenvalue weighted by Crippen LogP contribution is 2.31. The highest BCUT2D eigenvalue weighted by atomic mass is 32.1. The van der Waals surface area contributed by atoms with Gasteiger partial charge in [-0.2, -0.15) is 4.37 Å². The maximum absolute atomic E-state index is 14.2. The molecule has 0 bridgehead atoms. The molecule has 0 atom stereocenters. The maximum atomic E-state index is 14.2. The molecule has 4 N–H and O–H groups in total. The van der Waals surface area contributed by atoms with Crippen LogP contribution in [0.1, 0.15) is 34.8 Å². The van der Waals surface area contributed by atoms with E-state index in [0.717, 1.165) is 50.7 Å². The molecule has 0 spiro atoms. The zero-order valence-corrected chi connectivity index (χ0v) is 20.1. The normalized spacial score (nSPS) is 14.7. The lowest BCUT2D eigenvalue weighted by Gasteiger charge is -2.32. The molecule has 1 aliphatic heterocycles. The van der Waals surface area contributed by atoms with E-state index in [2.05, 4.69) is 31.9 Å². The molecule has 0 aliphatic carbocycles. The molecule has 3 rings (SSSR count). The number of halogens is 2. The summed E-state index contributed by atoms with van der Waals surface area (Å²) < 4.78 is 37.7. The number of rotatable bonds is 10. The molecule has 34 heavy (non-hydrogen) atoms. The number of hydrogen-bond donors (Lipinski definition) is 3. The fourth-order valence-electron chi connectivity index (χ4n) is 3.56. The summed E-state index contributed by atoms with van der Waals surface area (Å²) in [5.74, 6) is -2.95. The van der Waals surface area contributed by atoms with Crippen LogP contribution in [-0.2, 0) is 13.0 Å². The maximum Gasteiger partial charge on any atom is 0.319 e. The lowest BCUT2D eigenvalue weighted by Crippen LogP contribution is -2.45. The first-order valence-electron chi connectivity index (χ1n) is 11.1. The lowest BCUT2D eigenvalue weighted by molar-refractivity contribution is 0.0996. The number of anilines is 1. The van der Waals surface area contributed by atoms with Gasteiger partial charge in [-0.25, -0.2) is 13.6 Å². The minimum Gasteiger partial charge on any atom is -0.471 e. The van der Waals surface area contributed by atoms with Crippen LogP contribution in [0.2, 0.25) is 0 Å². The van der Waals surface area contributed by atoms with Crippen LogP contribution in [0.3, 0.4) is 0 Å². The minimum absolute atomic E-state index is 0.0225. The van der Waals surface area contributed by atoms with E-state index in [1.807, 2.05) is 0 Å². The SMILES string of the molecule is CCc1ccc(COc2nsc(NC(=O)NCCCN3CCN(C)CC3)c2C(N)=O)c(F)c1F. The van der Waals surface area contributed by atoms with E-state index in [0.29, 0.717) is 13.0 Å². The minimum atomic E-state index is -1.01. The summed E-state index contributed by atoms with van der Waals surface area (Å²) >= 11 is 0.815. The third kappa shape index (κ3) is 6.61. The number of carbonyl (C=O) groups excluding carboxylic acids is 2. The first-order chi connectivity index (χ1) is 16.3. The number of nitrogens with zero attached hydrogens (tertiary/aromatic N) is 3. The van der Waals surface area contributed by atoms with Gasteiger partial charge in [0.2, 0.25) is 5.88 Å². The van der Waals surface area contributed by atoms with Gasteiger partial charge < -0.3 is 25.6 Å². The highest BCUT2D eigenvalue weighted by molar-refractivity contribution is 7.11. The Labute approximate surface area is 201 Å². The van der Waals surface area contributed by atoms with E-state index in [1.54, 1.807) is 6.92 Å². The highest BCUT2D eigenvalue weighted by Gasteiger charge is 2.23. The van der Waals surface area contributed by atoms with Crippen LogP contribution in [0.25, 0.3) is 0 Å². The van der Waals surface area contributed by atoms with Crippen molar-refractivity contribution in [2.24, 2.45) is 5.73 Å². The second-order valence-corrected chi connectivity index (χ2v) is 8.86. The molecular weight excluding hydrogens is 466 g/mol. The predicted octanol–water partition coefficient (Wildman–Crippen LogP) is 2.42. The van der Waals surface area contributed by atoms with Gasteiger partial charge >= 0.3 is 6.03 Å². The number of nitrogens with one attached hydrogen (secondary N) is 2. The van der Waals surface area contributed by atoms with Gasteiger partial charge in [0.05, 0.1) is 0 Å². The molecule has 186 valence electrons. The molecule has 3 amide bonds. The molecule has 0 unspecified atom stereocenters. The Morgan fingerprint density at radius 1 is 1.18 bits per heavy atom. The van der Waals surface area contributed by atoms with Gasteiger partial charge in [0.25, 0.3) is 5.91 Å². The Morgan fingerprint density at radius 3 is 2.53 bits per heavy atom. The fourth-order valence-corrected chi connectivity index (χ4v) is 4.30. The standard InChI is InChI=1S/C22H30F2N6O3S/c1-3-14-5-6-15(18(24)17(14)23)13-33-20-16(19(25)31)21(34-28-20)27-22(32)26-7-4-8-30-11-9-29(2)10-12-30/h5-6H,3-4,7-13H2,1-2H3,(H2,25,31)(H2,26,27,32). The number of hydrogen-bond acceptors (Lipinski definition) is 7. The number of piperazine rings is 1. The van der Waals surface area contributed by atoms with Crippen LogP contribution in [0.4, 0.5) is 18.6 Å². The average molecular weight is 497 g/mol. The Kier molecular flexibility index (Phi) is 9.13. The number of urea groups is 1. The van der Waals surface area contributed by atoms with Crippen molar-refractivity contribution in [1.29, 1.82) is 0 Å². The smallest absolute Gasteiger partial charge is 0.319 e. The van der Waals surface area contributed by atoms with Gasteiger partial charge in [-0.1, -0.05) is 19.1 Å². The van der Waals surface area contributed by atoms with Crippen molar-refractivity contribution in [3.63, 3.8) is 0 Å². The van der Waals surface area contributed by atoms with Crippen molar-refractivity contribution >= 4 is 28.5 Å². The Balaban J connectivity index is 1.53. The number of ether oxygens (including phenoxy) is 1. The van der Waals surface area contributed by atoms with Crippen LogP contribution in [0.5, 0.6) is 5.88 Å². The first kappa shape index (κ1) is 25.8. The molecule has 2 aromatic rings. The zero-order valence-electron chi connectivity index (χ0n) is 19.3. The van der Waals surface area contributed by atoms with Gasteiger partial charge in [0.1, 0.15) is 17.2 Å². The molecule has 1 fully saturated rings. The number of aromatic nitrogens is 1. The third-order valence-electron chi connectivity index (χ3n) is 5.65. The summed E-state index contributed by atoms with van der Waals surface area (Å²) in [7, 11) is 2.10. The van der Waals surface area contributed by atoms with Gasteiger partial charge in [0.15, 0.2) is 11.6 Å². The van der Waals surface area contributed by atoms with E-state index < -0.39 is 23.6 Å². The Bertz CT molecular complexity index is 1010. The van der Waals surface area contributed by atoms with Crippen LogP contribution in [0.15, 0.2) is 12.1 Å². The molecule has 1 aromatic heterocycles. The van der Waals surface area contributed by atoms with Gasteiger partial charge in [-0.3, -0.25) is 10.1 Å². The zero-order chi connectivity index (χ0) is 24.7. The topological polar surface area (TPSA) is 113 Å². The van der Waals surface area contributed by atoms with E-state index in [1.165, 1.54) is 12.1 Å². The number of aryl methyl sites for hydroxylation is 1. The van der Waals surface area contributed by atoms with Crippen molar-refractivity contribution in [1.82, 2.24) is 19.5 Å². The van der Waals surface area contributed by atoms with Gasteiger partial charge in [-0.15, -0.1) is 0 Å². The molecule has 0 radical (unpaired) electrons. The molecule has 9 nitrogen and oxygen atoms in total. The van der Waals surface area contributed by atoms with Crippen LogP contribution < -0.4 is 21.1 Å². The van der Waals surface area contributed by atoms with Crippen LogP contribution in [0, 0.1) is 11.6 Å². The second kappa shape index (κ2) is 12.0. The van der Waals surface area contributed by atoms with Gasteiger partial charge in [-0.05, 0) is 43.5 Å². The van der Waals surface area contributed by atoms with E-state index in [-0.39, 0.29) is 34.2 Å². The van der Waals surface area contributed by atoms with E-state index in [9.17, 15) is 18.4 Å². The van der Waals surface area contributed by atoms with Crippen LogP contribution in [-0.4, -0.2) is 72.4 Å². The number of primary amides is 1. The second-order valence-electron chi connectivity index (χ2n) is 8.09. The number of likely N-dealkylation sites (N-methyl/N-ethyl adjacent to an activating group) is 1. The molecule has 2 heterocycles. The number of amides is 3. The molecule has 1 aliphatic rings. The first-order valence-corrected chi connectivity index (χ1v) is 11.9. The lowest BCUT2D eigenvalue weighted by atomic mass is 10.1. The quantitative estimate of drug-likeness (QED) is 0.436. The Morgan fingerprint density at radius 2 is 1.85 bits per heavy atom. The third-order valence-corrected chi connectivity index (χ3v) is 6.40. The fraction of sp³-hybridized carbons (Fsp3) is 0.500. The largest absolute Gasteiger partial charge is 0.471 e. The van der Waals surface area contributed by atoms with E-state index in [4.69, 9.17) is 10.5 Å². The van der Waals surface area contributed by atoms with E-state index >= 15 is 0 Å². The van der Waals surface area contributed by atoms with Crippen molar-refractivity contribution < 1.29 is 23.1 Å². The molecular formula is C22H30F2N6O3S. The molecule has 1 aromatic carbocycles. The predicted molar refractivity (Wildman–Crippen MR) is 126 cm³/mol. The number of nitrogens with two attached hydrogens (primary N) is 1. The summed E-state index contributed by atoms with van der Waals surface area (Å²) in [6.07, 6.45) is 1.14. The molecule has 12 heteroatoms. The summed E-state index contributed by atoms with van der Waals surface area (Å²) in [5, 5.41) is 5.42. The summed E-state index contributed by atoms with van der Waals surface area (Å²) in [6.45, 7) is 6.80. The van der Waals surface area contributed by atoms with Crippen LogP contribution >= 0.6 is 11.5 Å². The summed E-state index contributed by atoms with van der Waals surface area (Å²) in [5.41, 5.74) is 5.56. The van der Waals surface area contributed by atoms with Crippen molar-refractivity contribution in [2.45, 2.75) is 26.4 Å². The summed E-state index contributed by atoms with van der Waals surface area (Å²) in [6, 6.07) is 2.40. The Hall–Kier alpha value is -2.83. The monoisotopic (exact) mass is 496 g/mol. The van der Waals surface area contributed by atoms with Gasteiger partial charge in [0, 0.05) is 38.3 Å². The molecule has 0 saturated carbocycles. The van der Waals surface area contributed by atoms with Crippen molar-refractivity contribution in [2.75, 3.05) is 51.6 Å².